The third-order valence-electron chi connectivity index (χ3n) is 11.4. The summed E-state index contributed by atoms with van der Waals surface area (Å²) in [5.41, 5.74) is 0.432. The van der Waals surface area contributed by atoms with Crippen molar-refractivity contribution in [2.75, 3.05) is 6.61 Å². The minimum atomic E-state index is -0.644. The molecule has 0 saturated heterocycles. The summed E-state index contributed by atoms with van der Waals surface area (Å²) in [5, 5.41) is 33.3. The fraction of sp³-hybridized carbons (Fsp3) is 0.900. The molecule has 1 unspecified atom stereocenters. The van der Waals surface area contributed by atoms with E-state index < -0.39 is 23.7 Å². The van der Waals surface area contributed by atoms with Crippen molar-refractivity contribution >= 4 is 5.97 Å². The van der Waals surface area contributed by atoms with Crippen molar-refractivity contribution in [1.29, 1.82) is 0 Å². The van der Waals surface area contributed by atoms with Gasteiger partial charge in [-0.2, -0.15) is 0 Å². The largest absolute Gasteiger partial charge is 0.465 e. The number of hydrogen-bond donors (Lipinski definition) is 3. The second kappa shape index (κ2) is 10.1. The Hall–Kier alpha value is -0.910. The lowest BCUT2D eigenvalue weighted by Crippen LogP contribution is -2.61. The fourth-order valence-corrected chi connectivity index (χ4v) is 9.07. The Morgan fingerprint density at radius 1 is 1.14 bits per heavy atom. The maximum absolute atomic E-state index is 12.0. The van der Waals surface area contributed by atoms with Crippen LogP contribution in [0.4, 0.5) is 0 Å². The van der Waals surface area contributed by atoms with Gasteiger partial charge in [-0.3, -0.25) is 4.79 Å². The second-order valence-electron chi connectivity index (χ2n) is 13.4. The van der Waals surface area contributed by atoms with E-state index in [9.17, 15) is 20.1 Å². The molecule has 0 heterocycles. The lowest BCUT2D eigenvalue weighted by Gasteiger charge is -2.61. The van der Waals surface area contributed by atoms with Crippen LogP contribution in [-0.2, 0) is 9.53 Å². The molecule has 0 aromatic heterocycles. The highest BCUT2D eigenvalue weighted by molar-refractivity contribution is 5.66. The van der Waals surface area contributed by atoms with E-state index in [2.05, 4.69) is 40.7 Å². The number of carbonyl (C=O) groups excluding carboxylic acids is 1. The molecular weight excluding hydrogens is 440 g/mol. The van der Waals surface area contributed by atoms with Crippen LogP contribution in [0.15, 0.2) is 11.6 Å². The van der Waals surface area contributed by atoms with Crippen LogP contribution < -0.4 is 0 Å². The van der Waals surface area contributed by atoms with Gasteiger partial charge in [-0.15, -0.1) is 0 Å². The average Bonchev–Trinajstić information content (AvgIpc) is 3.16. The van der Waals surface area contributed by atoms with E-state index in [0.29, 0.717) is 55.5 Å². The Balaban J connectivity index is 1.65. The summed E-state index contributed by atoms with van der Waals surface area (Å²) in [6.07, 6.45) is 7.65. The zero-order valence-electron chi connectivity index (χ0n) is 22.9. The predicted molar refractivity (Wildman–Crippen MR) is 137 cm³/mol. The molecule has 200 valence electrons. The summed E-state index contributed by atoms with van der Waals surface area (Å²) in [6, 6.07) is 0. The smallest absolute Gasteiger partial charge is 0.302 e. The molecule has 3 N–H and O–H groups in total. The van der Waals surface area contributed by atoms with E-state index in [1.165, 1.54) is 19.8 Å². The molecule has 0 bridgehead atoms. The summed E-state index contributed by atoms with van der Waals surface area (Å²) < 4.78 is 5.78. The van der Waals surface area contributed by atoms with E-state index in [1.807, 2.05) is 0 Å². The van der Waals surface area contributed by atoms with E-state index in [0.717, 1.165) is 24.8 Å². The number of esters is 1. The van der Waals surface area contributed by atoms with Gasteiger partial charge in [-0.25, -0.2) is 0 Å². The SMILES string of the molecule is CC(=O)OC[C@]12C[C@@H](O)[C@H]3[C@@H](CC=C4C[C@@H](O)C[C@H](O)[C@@]43C)[C@@H]1CC[C@@H]2[C@H](C)CCC(C)C(C)C. The van der Waals surface area contributed by atoms with E-state index in [4.69, 9.17) is 4.74 Å². The molecule has 0 amide bonds. The monoisotopic (exact) mass is 490 g/mol. The topological polar surface area (TPSA) is 87.0 Å². The number of carbonyl (C=O) groups is 1. The molecule has 5 nitrogen and oxygen atoms in total. The van der Waals surface area contributed by atoms with E-state index >= 15 is 0 Å². The van der Waals surface area contributed by atoms with Crippen LogP contribution >= 0.6 is 0 Å². The Morgan fingerprint density at radius 2 is 1.86 bits per heavy atom. The quantitative estimate of drug-likeness (QED) is 0.341. The van der Waals surface area contributed by atoms with Gasteiger partial charge in [0.2, 0.25) is 0 Å². The molecule has 0 aromatic carbocycles. The van der Waals surface area contributed by atoms with Crippen LogP contribution in [0.3, 0.4) is 0 Å². The minimum Gasteiger partial charge on any atom is -0.465 e. The number of rotatable bonds is 7. The maximum Gasteiger partial charge on any atom is 0.302 e. The van der Waals surface area contributed by atoms with Crippen molar-refractivity contribution in [2.45, 2.75) is 111 Å². The van der Waals surface area contributed by atoms with Gasteiger partial charge in [0.1, 0.15) is 0 Å². The zero-order valence-corrected chi connectivity index (χ0v) is 22.9. The Morgan fingerprint density at radius 3 is 2.51 bits per heavy atom. The first-order chi connectivity index (χ1) is 16.4. The van der Waals surface area contributed by atoms with Crippen molar-refractivity contribution in [3.63, 3.8) is 0 Å². The second-order valence-corrected chi connectivity index (χ2v) is 13.4. The van der Waals surface area contributed by atoms with Crippen molar-refractivity contribution in [1.82, 2.24) is 0 Å². The van der Waals surface area contributed by atoms with Crippen LogP contribution in [-0.4, -0.2) is 46.2 Å². The highest BCUT2D eigenvalue weighted by Gasteiger charge is 2.65. The number of ether oxygens (including phenoxy) is 1. The molecule has 4 aliphatic carbocycles. The van der Waals surface area contributed by atoms with Crippen molar-refractivity contribution < 1.29 is 24.9 Å². The summed E-state index contributed by atoms with van der Waals surface area (Å²) in [4.78, 5) is 12.0. The molecular formula is C30H50O5. The molecule has 0 radical (unpaired) electrons. The first-order valence-electron chi connectivity index (χ1n) is 14.3. The van der Waals surface area contributed by atoms with Crippen LogP contribution in [0.1, 0.15) is 92.9 Å². The van der Waals surface area contributed by atoms with Crippen molar-refractivity contribution in [3.8, 4) is 0 Å². The van der Waals surface area contributed by atoms with Crippen LogP contribution in [0.2, 0.25) is 0 Å². The third kappa shape index (κ3) is 4.63. The number of hydrogen-bond acceptors (Lipinski definition) is 5. The van der Waals surface area contributed by atoms with E-state index in [1.54, 1.807) is 0 Å². The zero-order chi connectivity index (χ0) is 25.7. The number of aliphatic hydroxyl groups is 3. The maximum atomic E-state index is 12.0. The summed E-state index contributed by atoms with van der Waals surface area (Å²) >= 11 is 0. The number of allylic oxidation sites excluding steroid dienone is 1. The molecule has 0 aromatic rings. The molecule has 0 spiro atoms. The number of fused-ring (bicyclic) bond motifs is 5. The van der Waals surface area contributed by atoms with Gasteiger partial charge in [0.25, 0.3) is 0 Å². The van der Waals surface area contributed by atoms with Crippen LogP contribution in [0.5, 0.6) is 0 Å². The Bertz CT molecular complexity index is 807. The van der Waals surface area contributed by atoms with Gasteiger partial charge in [-0.1, -0.05) is 59.1 Å². The van der Waals surface area contributed by atoms with Gasteiger partial charge in [0.15, 0.2) is 0 Å². The summed E-state index contributed by atoms with van der Waals surface area (Å²) in [6.45, 7) is 13.3. The number of aliphatic hydroxyl groups excluding tert-OH is 3. The van der Waals surface area contributed by atoms with Gasteiger partial charge < -0.3 is 20.1 Å². The molecule has 4 aliphatic rings. The molecule has 4 rings (SSSR count). The van der Waals surface area contributed by atoms with Crippen molar-refractivity contribution in [2.24, 2.45) is 52.3 Å². The van der Waals surface area contributed by atoms with Gasteiger partial charge in [0, 0.05) is 24.2 Å². The predicted octanol–water partition coefficient (Wildman–Crippen LogP) is 5.12. The highest BCUT2D eigenvalue weighted by atomic mass is 16.5. The van der Waals surface area contributed by atoms with Gasteiger partial charge in [-0.05, 0) is 73.5 Å². The van der Waals surface area contributed by atoms with Crippen LogP contribution in [0, 0.1) is 52.3 Å². The minimum absolute atomic E-state index is 0.0181. The molecule has 5 heteroatoms. The first kappa shape index (κ1) is 27.1. The standard InChI is InChI=1S/C30H50O5/c1-17(2)18(3)7-8-19(4)24-11-12-25-23-10-9-21-13-22(32)14-27(34)29(21,6)28(23)26(33)15-30(24,25)16-35-20(5)31/h9,17-19,22-28,32-34H,7-8,10-16H2,1-6H3/t18?,19-,22-,23+,24-,25+,26-,27+,28-,29-,30+/m1/s1. The Kier molecular flexibility index (Phi) is 7.83. The fourth-order valence-electron chi connectivity index (χ4n) is 9.07. The molecule has 11 atom stereocenters. The van der Waals surface area contributed by atoms with E-state index in [-0.39, 0.29) is 23.2 Å². The lowest BCUT2D eigenvalue weighted by molar-refractivity contribution is -0.182. The molecule has 3 saturated carbocycles. The Labute approximate surface area is 212 Å². The summed E-state index contributed by atoms with van der Waals surface area (Å²) in [7, 11) is 0. The van der Waals surface area contributed by atoms with Gasteiger partial charge >= 0.3 is 5.97 Å². The van der Waals surface area contributed by atoms with Gasteiger partial charge in [0.05, 0.1) is 24.9 Å². The normalized spacial score (nSPS) is 44.6. The highest BCUT2D eigenvalue weighted by Crippen LogP contribution is 2.67. The third-order valence-corrected chi connectivity index (χ3v) is 11.4. The molecule has 0 aliphatic heterocycles. The van der Waals surface area contributed by atoms with Crippen molar-refractivity contribution in [3.05, 3.63) is 11.6 Å². The molecule has 35 heavy (non-hydrogen) atoms. The van der Waals surface area contributed by atoms with Crippen LogP contribution in [0.25, 0.3) is 0 Å². The average molecular weight is 491 g/mol. The first-order valence-corrected chi connectivity index (χ1v) is 14.3. The molecule has 3 fully saturated rings. The summed E-state index contributed by atoms with van der Waals surface area (Å²) in [5.74, 6) is 2.69. The lowest BCUT2D eigenvalue weighted by atomic mass is 9.45.